The van der Waals surface area contributed by atoms with Gasteiger partial charge in [0.05, 0.1) is 39.5 Å². The molecular weight excluding hydrogens is 901 g/mol. The molecule has 4 aromatic carbocycles. The van der Waals surface area contributed by atoms with Crippen molar-refractivity contribution < 1.29 is 40.6 Å². The van der Waals surface area contributed by atoms with Crippen LogP contribution in [-0.4, -0.2) is 104 Å². The molecule has 0 bridgehead atoms. The topological polar surface area (TPSA) is 233 Å². The van der Waals surface area contributed by atoms with Crippen LogP contribution in [0.15, 0.2) is 106 Å². The summed E-state index contributed by atoms with van der Waals surface area (Å²) in [5.74, 6) is 1.61. The Bertz CT molecular complexity index is 2810. The summed E-state index contributed by atoms with van der Waals surface area (Å²) in [4.78, 5) is 17.6. The Balaban J connectivity index is 1.44. The zero-order valence-corrected chi connectivity index (χ0v) is 39.8. The van der Waals surface area contributed by atoms with Crippen LogP contribution in [-0.2, 0) is 44.4 Å². The van der Waals surface area contributed by atoms with Gasteiger partial charge in [0, 0.05) is 37.1 Å². The van der Waals surface area contributed by atoms with Crippen molar-refractivity contribution in [1.82, 2.24) is 34.1 Å². The van der Waals surface area contributed by atoms with Gasteiger partial charge >= 0.3 is 6.09 Å². The Morgan fingerprint density at radius 3 is 1.99 bits per heavy atom. The maximum absolute atomic E-state index is 16.1. The predicted molar refractivity (Wildman–Crippen MR) is 249 cm³/mol. The van der Waals surface area contributed by atoms with Crippen LogP contribution >= 0.6 is 0 Å². The van der Waals surface area contributed by atoms with E-state index in [-0.39, 0.29) is 50.5 Å². The molecule has 2 aliphatic rings. The number of tetrazole rings is 1. The third-order valence-electron chi connectivity index (χ3n) is 11.3. The smallest absolute Gasteiger partial charge is 0.410 e. The molecule has 1 N–H and O–H groups in total. The average Bonchev–Trinajstić information content (AvgIpc) is 3.98. The molecule has 0 radical (unpaired) electrons. The molecule has 0 saturated carbocycles. The molecular formula is C46H54N10O9S2. The van der Waals surface area contributed by atoms with Crippen LogP contribution < -0.4 is 18.9 Å². The number of azide groups is 1. The van der Waals surface area contributed by atoms with Gasteiger partial charge in [-0.2, -0.15) is 9.10 Å². The lowest BCUT2D eigenvalue weighted by Gasteiger charge is -2.27. The van der Waals surface area contributed by atoms with Crippen molar-refractivity contribution in [2.24, 2.45) is 5.11 Å². The number of nitrogens with one attached hydrogen (secondary N) is 1. The fourth-order valence-corrected chi connectivity index (χ4v) is 11.6. The molecule has 21 heteroatoms. The number of hydrogen-bond donors (Lipinski definition) is 1. The highest BCUT2D eigenvalue weighted by Crippen LogP contribution is 2.42. The summed E-state index contributed by atoms with van der Waals surface area (Å²) in [5.41, 5.74) is 11.4. The molecule has 1 unspecified atom stereocenters. The van der Waals surface area contributed by atoms with E-state index < -0.39 is 53.6 Å². The molecule has 7 rings (SSSR count). The van der Waals surface area contributed by atoms with Crippen molar-refractivity contribution in [3.05, 3.63) is 124 Å². The van der Waals surface area contributed by atoms with Gasteiger partial charge in [-0.05, 0) is 127 Å². The van der Waals surface area contributed by atoms with Gasteiger partial charge in [-0.15, -0.1) is 10.2 Å². The highest BCUT2D eigenvalue weighted by molar-refractivity contribution is 7.92. The van der Waals surface area contributed by atoms with Crippen LogP contribution in [0.2, 0.25) is 0 Å². The molecule has 67 heavy (non-hydrogen) atoms. The van der Waals surface area contributed by atoms with Gasteiger partial charge < -0.3 is 23.8 Å². The molecule has 19 nitrogen and oxygen atoms in total. The summed E-state index contributed by atoms with van der Waals surface area (Å²) < 4.78 is 87.8. The highest BCUT2D eigenvalue weighted by atomic mass is 32.2. The maximum atomic E-state index is 16.1. The molecule has 2 atom stereocenters. The second-order valence-corrected chi connectivity index (χ2v) is 20.7. The second kappa shape index (κ2) is 20.6. The first-order chi connectivity index (χ1) is 32.0. The number of hydrogen-bond acceptors (Lipinski definition) is 13. The van der Waals surface area contributed by atoms with Gasteiger partial charge in [-0.25, -0.2) is 26.4 Å². The van der Waals surface area contributed by atoms with Gasteiger partial charge in [0.2, 0.25) is 25.9 Å². The zero-order valence-electron chi connectivity index (χ0n) is 38.2. The van der Waals surface area contributed by atoms with E-state index in [0.29, 0.717) is 58.8 Å². The number of allylic oxidation sites excluding steroid dienone is 1. The summed E-state index contributed by atoms with van der Waals surface area (Å²) in [6.45, 7) is 5.15. The zero-order chi connectivity index (χ0) is 47.9. The Hall–Kier alpha value is -6.51. The van der Waals surface area contributed by atoms with Crippen LogP contribution in [0.4, 0.5) is 4.79 Å². The number of rotatable bonds is 17. The minimum absolute atomic E-state index is 0.0167. The van der Waals surface area contributed by atoms with Gasteiger partial charge in [0.1, 0.15) is 32.6 Å². The number of likely N-dealkylation sites (tertiary alicyclic amines) is 1. The first kappa shape index (κ1) is 48.4. The largest absolute Gasteiger partial charge is 0.497 e. The Labute approximate surface area is 390 Å². The van der Waals surface area contributed by atoms with Crippen LogP contribution in [0.1, 0.15) is 68.7 Å². The number of nitrogens with zero attached hydrogens (tertiary/aromatic N) is 9. The van der Waals surface area contributed by atoms with Crippen molar-refractivity contribution in [2.75, 3.05) is 34.4 Å². The van der Waals surface area contributed by atoms with E-state index in [1.165, 1.54) is 40.4 Å². The van der Waals surface area contributed by atoms with E-state index >= 15 is 16.8 Å². The summed E-state index contributed by atoms with van der Waals surface area (Å²) in [7, 11) is -5.03. The number of amides is 1. The first-order valence-corrected chi connectivity index (χ1v) is 24.5. The number of methoxy groups -OCH3 is 3. The molecule has 1 fully saturated rings. The summed E-state index contributed by atoms with van der Waals surface area (Å²) in [5, 5.41) is 17.4. The van der Waals surface area contributed by atoms with Crippen LogP contribution in [0.5, 0.6) is 17.2 Å². The standard InChI is InChI=1S/C46H54N10O9S2/c1-46(2,3)65-45(57)54-25-24-36(30-54)51-66(58,59)41-23-22-40(34-8-7-9-35(26-34)48-52-47)42(44-49-53-56(50-44)29-33-14-20-39(64-6)21-15-33)43(41)67(60,61)55(27-31-10-16-37(62-4)17-11-31)28-32-12-18-38(63-5)19-13-32/h10-23,26,35-36,51H,7-9,24-25,27-30H2,1-6H3/t35?,36-/m1/s1. The van der Waals surface area contributed by atoms with Crippen LogP contribution in [0.3, 0.4) is 0 Å². The number of carbonyl (C=O) groups is 1. The number of benzene rings is 4. The van der Waals surface area contributed by atoms with E-state index in [9.17, 15) is 10.3 Å². The SMILES string of the molecule is COc1ccc(CN(Cc2ccc(OC)cc2)S(=O)(=O)c2c(S(=O)(=O)N[C@@H]3CCN(C(=O)OC(C)(C)C)C3)ccc(C3=CC(N=[N+]=[N-])CCC3)c2-c2nnn(Cc3ccc(OC)cc3)n2)cc1. The van der Waals surface area contributed by atoms with E-state index in [1.54, 1.807) is 94.6 Å². The van der Waals surface area contributed by atoms with Gasteiger partial charge in [-0.3, -0.25) is 0 Å². The lowest BCUT2D eigenvalue weighted by atomic mass is 9.88. The van der Waals surface area contributed by atoms with Crippen molar-refractivity contribution in [3.8, 4) is 28.6 Å². The molecule has 1 aromatic heterocycles. The lowest BCUT2D eigenvalue weighted by molar-refractivity contribution is 0.0292. The molecule has 1 amide bonds. The van der Waals surface area contributed by atoms with Crippen molar-refractivity contribution in [3.63, 3.8) is 0 Å². The third kappa shape index (κ3) is 11.7. The number of ether oxygens (including phenoxy) is 4. The summed E-state index contributed by atoms with van der Waals surface area (Å²) >= 11 is 0. The van der Waals surface area contributed by atoms with E-state index in [0.717, 1.165) is 5.56 Å². The minimum Gasteiger partial charge on any atom is -0.497 e. The molecule has 5 aromatic rings. The lowest BCUT2D eigenvalue weighted by Crippen LogP contribution is -2.41. The van der Waals surface area contributed by atoms with E-state index in [1.807, 2.05) is 12.1 Å². The highest BCUT2D eigenvalue weighted by Gasteiger charge is 2.40. The van der Waals surface area contributed by atoms with Gasteiger partial charge in [-0.1, -0.05) is 53.7 Å². The van der Waals surface area contributed by atoms with E-state index in [2.05, 4.69) is 25.1 Å². The molecule has 1 aliphatic heterocycles. The maximum Gasteiger partial charge on any atom is 0.410 e. The predicted octanol–water partition coefficient (Wildman–Crippen LogP) is 7.34. The quantitative estimate of drug-likeness (QED) is 0.0548. The first-order valence-electron chi connectivity index (χ1n) is 21.6. The average molecular weight is 955 g/mol. The Kier molecular flexibility index (Phi) is 14.9. The third-order valence-corrected chi connectivity index (χ3v) is 14.8. The van der Waals surface area contributed by atoms with Crippen LogP contribution in [0, 0.1) is 0 Å². The fraction of sp³-hybridized carbons (Fsp3) is 0.391. The fourth-order valence-electron chi connectivity index (χ4n) is 7.96. The number of aromatic nitrogens is 4. The number of sulfonamides is 2. The van der Waals surface area contributed by atoms with Crippen molar-refractivity contribution in [1.29, 1.82) is 0 Å². The van der Waals surface area contributed by atoms with E-state index in [4.69, 9.17) is 24.0 Å². The molecule has 2 heterocycles. The van der Waals surface area contributed by atoms with Crippen LogP contribution in [0.25, 0.3) is 27.4 Å². The number of carbonyl (C=O) groups excluding carboxylic acids is 1. The Morgan fingerprint density at radius 1 is 0.851 bits per heavy atom. The Morgan fingerprint density at radius 2 is 1.43 bits per heavy atom. The summed E-state index contributed by atoms with van der Waals surface area (Å²) in [6, 6.07) is 22.5. The molecule has 0 spiro atoms. The monoisotopic (exact) mass is 954 g/mol. The second-order valence-electron chi connectivity index (χ2n) is 17.2. The van der Waals surface area contributed by atoms with Gasteiger partial charge in [0.25, 0.3) is 0 Å². The molecule has 1 aliphatic carbocycles. The molecule has 1 saturated heterocycles. The van der Waals surface area contributed by atoms with Crippen molar-refractivity contribution >= 4 is 31.7 Å². The normalized spacial score (nSPS) is 16.6. The van der Waals surface area contributed by atoms with Crippen molar-refractivity contribution in [2.45, 2.75) is 93.6 Å². The minimum atomic E-state index is -4.91. The summed E-state index contributed by atoms with van der Waals surface area (Å²) in [6.07, 6.45) is 3.00. The van der Waals surface area contributed by atoms with Gasteiger partial charge in [0.15, 0.2) is 0 Å². The molecule has 354 valence electrons.